The maximum atomic E-state index is 6.03. The molecule has 0 amide bonds. The molecular weight excluding hydrogens is 278 g/mol. The van der Waals surface area contributed by atoms with Gasteiger partial charge in [-0.2, -0.15) is 0 Å². The summed E-state index contributed by atoms with van der Waals surface area (Å²) in [5.41, 5.74) is 2.51. The summed E-state index contributed by atoms with van der Waals surface area (Å²) in [5, 5.41) is 1.04. The van der Waals surface area contributed by atoms with Crippen LogP contribution in [-0.2, 0) is 4.74 Å². The van der Waals surface area contributed by atoms with E-state index in [9.17, 15) is 0 Å². The number of anilines is 1. The van der Waals surface area contributed by atoms with E-state index in [1.807, 2.05) is 24.3 Å². The molecule has 0 saturated carbocycles. The third-order valence-corrected chi connectivity index (χ3v) is 4.28. The van der Waals surface area contributed by atoms with Gasteiger partial charge >= 0.3 is 0 Å². The molecule has 5 heteroatoms. The van der Waals surface area contributed by atoms with Crippen molar-refractivity contribution >= 4 is 27.9 Å². The van der Waals surface area contributed by atoms with Crippen molar-refractivity contribution in [3.05, 3.63) is 30.6 Å². The van der Waals surface area contributed by atoms with E-state index in [1.54, 1.807) is 6.33 Å². The number of rotatable bonds is 2. The third-order valence-electron chi connectivity index (χ3n) is 4.28. The Labute approximate surface area is 128 Å². The number of aromatic nitrogens is 2. The topological polar surface area (TPSA) is 51.4 Å². The van der Waals surface area contributed by atoms with Crippen molar-refractivity contribution in [3.8, 4) is 0 Å². The summed E-state index contributed by atoms with van der Waals surface area (Å²) in [6, 6.07) is 7.98. The number of furan rings is 1. The lowest BCUT2D eigenvalue weighted by molar-refractivity contribution is 0.0112. The Morgan fingerprint density at radius 2 is 2.09 bits per heavy atom. The van der Waals surface area contributed by atoms with Gasteiger partial charge in [-0.15, -0.1) is 0 Å². The summed E-state index contributed by atoms with van der Waals surface area (Å²) in [6.45, 7) is 6.75. The van der Waals surface area contributed by atoms with Gasteiger partial charge in [0.15, 0.2) is 11.4 Å². The minimum Gasteiger partial charge on any atom is -0.450 e. The van der Waals surface area contributed by atoms with Gasteiger partial charge in [-0.05, 0) is 18.1 Å². The number of morpholine rings is 1. The second-order valence-corrected chi connectivity index (χ2v) is 6.07. The van der Waals surface area contributed by atoms with Crippen molar-refractivity contribution in [1.82, 2.24) is 9.97 Å². The van der Waals surface area contributed by atoms with Gasteiger partial charge in [0, 0.05) is 18.5 Å². The van der Waals surface area contributed by atoms with Gasteiger partial charge in [0.25, 0.3) is 0 Å². The van der Waals surface area contributed by atoms with Crippen LogP contribution in [0.3, 0.4) is 0 Å². The number of ether oxygens (including phenoxy) is 1. The zero-order chi connectivity index (χ0) is 15.1. The minimum atomic E-state index is 0.225. The number of hydrogen-bond acceptors (Lipinski definition) is 5. The summed E-state index contributed by atoms with van der Waals surface area (Å²) in [6.07, 6.45) is 1.85. The van der Waals surface area contributed by atoms with Gasteiger partial charge in [0.1, 0.15) is 17.4 Å². The van der Waals surface area contributed by atoms with E-state index < -0.39 is 0 Å². The average molecular weight is 297 g/mol. The fraction of sp³-hybridized carbons (Fsp3) is 0.412. The Morgan fingerprint density at radius 3 is 2.95 bits per heavy atom. The highest BCUT2D eigenvalue weighted by molar-refractivity contribution is 6.05. The SMILES string of the molecule is CC(C)C1CN(c2ncnc3c2oc2ccccc23)CCO1. The summed E-state index contributed by atoms with van der Waals surface area (Å²) in [5.74, 6) is 1.35. The fourth-order valence-corrected chi connectivity index (χ4v) is 3.01. The highest BCUT2D eigenvalue weighted by Crippen LogP contribution is 2.32. The Bertz CT molecular complexity index is 812. The molecule has 1 aromatic carbocycles. The summed E-state index contributed by atoms with van der Waals surface area (Å²) in [4.78, 5) is 11.2. The molecule has 5 nitrogen and oxygen atoms in total. The van der Waals surface area contributed by atoms with Crippen LogP contribution in [-0.4, -0.2) is 35.8 Å². The first-order valence-corrected chi connectivity index (χ1v) is 7.73. The minimum absolute atomic E-state index is 0.225. The zero-order valence-electron chi connectivity index (χ0n) is 12.8. The number of para-hydroxylation sites is 1. The van der Waals surface area contributed by atoms with E-state index in [1.165, 1.54) is 0 Å². The van der Waals surface area contributed by atoms with Gasteiger partial charge in [-0.25, -0.2) is 9.97 Å². The van der Waals surface area contributed by atoms with E-state index in [2.05, 4.69) is 28.7 Å². The number of nitrogens with zero attached hydrogens (tertiary/aromatic N) is 3. The summed E-state index contributed by atoms with van der Waals surface area (Å²) < 4.78 is 11.9. The van der Waals surface area contributed by atoms with Crippen LogP contribution in [0.15, 0.2) is 35.0 Å². The van der Waals surface area contributed by atoms with E-state index >= 15 is 0 Å². The van der Waals surface area contributed by atoms with E-state index in [-0.39, 0.29) is 6.10 Å². The predicted octanol–water partition coefficient (Wildman–Crippen LogP) is 3.24. The molecule has 4 rings (SSSR count). The first-order chi connectivity index (χ1) is 10.7. The fourth-order valence-electron chi connectivity index (χ4n) is 3.01. The zero-order valence-corrected chi connectivity index (χ0v) is 12.8. The van der Waals surface area contributed by atoms with Crippen molar-refractivity contribution in [1.29, 1.82) is 0 Å². The Hall–Kier alpha value is -2.14. The van der Waals surface area contributed by atoms with E-state index in [4.69, 9.17) is 9.15 Å². The van der Waals surface area contributed by atoms with Crippen molar-refractivity contribution in [2.75, 3.05) is 24.6 Å². The molecule has 1 aliphatic rings. The van der Waals surface area contributed by atoms with Gasteiger partial charge in [0.05, 0.1) is 12.7 Å². The molecule has 1 saturated heterocycles. The molecule has 114 valence electrons. The van der Waals surface area contributed by atoms with Crippen LogP contribution in [0.5, 0.6) is 0 Å². The molecule has 1 fully saturated rings. The van der Waals surface area contributed by atoms with E-state index in [0.717, 1.165) is 41.0 Å². The first-order valence-electron chi connectivity index (χ1n) is 7.73. The molecular formula is C17H19N3O2. The van der Waals surface area contributed by atoms with Gasteiger partial charge in [-0.3, -0.25) is 0 Å². The quantitative estimate of drug-likeness (QED) is 0.727. The molecule has 0 bridgehead atoms. The van der Waals surface area contributed by atoms with Crippen LogP contribution in [0.25, 0.3) is 22.1 Å². The van der Waals surface area contributed by atoms with Crippen molar-refractivity contribution in [2.45, 2.75) is 20.0 Å². The second-order valence-electron chi connectivity index (χ2n) is 6.07. The normalized spacial score (nSPS) is 19.4. The standard InChI is InChI=1S/C17H19N3O2/c1-11(2)14-9-20(7-8-21-14)17-16-15(18-10-19-17)12-5-3-4-6-13(12)22-16/h3-6,10-11,14H,7-9H2,1-2H3. The van der Waals surface area contributed by atoms with Crippen LogP contribution in [0.2, 0.25) is 0 Å². The number of benzene rings is 1. The summed E-state index contributed by atoms with van der Waals surface area (Å²) >= 11 is 0. The lowest BCUT2D eigenvalue weighted by atomic mass is 10.1. The van der Waals surface area contributed by atoms with Crippen LogP contribution >= 0.6 is 0 Å². The first kappa shape index (κ1) is 13.5. The molecule has 0 aliphatic carbocycles. The summed E-state index contributed by atoms with van der Waals surface area (Å²) in [7, 11) is 0. The number of fused-ring (bicyclic) bond motifs is 3. The predicted molar refractivity (Wildman–Crippen MR) is 86.1 cm³/mol. The lowest BCUT2D eigenvalue weighted by Crippen LogP contribution is -2.45. The molecule has 22 heavy (non-hydrogen) atoms. The highest BCUT2D eigenvalue weighted by atomic mass is 16.5. The molecule has 0 spiro atoms. The lowest BCUT2D eigenvalue weighted by Gasteiger charge is -2.35. The second kappa shape index (κ2) is 5.25. The molecule has 0 radical (unpaired) electrons. The maximum absolute atomic E-state index is 6.03. The Morgan fingerprint density at radius 1 is 1.23 bits per heavy atom. The Balaban J connectivity index is 1.81. The monoisotopic (exact) mass is 297 g/mol. The molecule has 1 unspecified atom stereocenters. The van der Waals surface area contributed by atoms with Gasteiger partial charge in [0.2, 0.25) is 0 Å². The average Bonchev–Trinajstić information content (AvgIpc) is 2.93. The Kier molecular flexibility index (Phi) is 3.22. The van der Waals surface area contributed by atoms with Gasteiger partial charge < -0.3 is 14.1 Å². The van der Waals surface area contributed by atoms with Crippen molar-refractivity contribution in [3.63, 3.8) is 0 Å². The van der Waals surface area contributed by atoms with Crippen molar-refractivity contribution in [2.24, 2.45) is 5.92 Å². The van der Waals surface area contributed by atoms with Gasteiger partial charge in [-0.1, -0.05) is 26.0 Å². The maximum Gasteiger partial charge on any atom is 0.196 e. The third kappa shape index (κ3) is 2.13. The number of hydrogen-bond donors (Lipinski definition) is 0. The molecule has 3 heterocycles. The van der Waals surface area contributed by atoms with Crippen molar-refractivity contribution < 1.29 is 9.15 Å². The molecule has 2 aromatic heterocycles. The molecule has 3 aromatic rings. The van der Waals surface area contributed by atoms with Crippen LogP contribution in [0, 0.1) is 5.92 Å². The molecule has 0 N–H and O–H groups in total. The van der Waals surface area contributed by atoms with Crippen LogP contribution in [0.1, 0.15) is 13.8 Å². The molecule has 1 atom stereocenters. The smallest absolute Gasteiger partial charge is 0.196 e. The van der Waals surface area contributed by atoms with Crippen LogP contribution in [0.4, 0.5) is 5.82 Å². The van der Waals surface area contributed by atoms with Crippen LogP contribution < -0.4 is 4.90 Å². The highest BCUT2D eigenvalue weighted by Gasteiger charge is 2.26. The van der Waals surface area contributed by atoms with E-state index in [0.29, 0.717) is 12.5 Å². The largest absolute Gasteiger partial charge is 0.450 e. The molecule has 1 aliphatic heterocycles.